The molecule has 1 aliphatic heterocycles. The number of ether oxygens (including phenoxy) is 1. The lowest BCUT2D eigenvalue weighted by atomic mass is 9.66. The third-order valence-corrected chi connectivity index (χ3v) is 12.2. The van der Waals surface area contributed by atoms with E-state index in [0.717, 1.165) is 38.9 Å². The van der Waals surface area contributed by atoms with Crippen molar-refractivity contribution in [3.8, 4) is 5.88 Å². The van der Waals surface area contributed by atoms with Crippen LogP contribution >= 0.6 is 0 Å². The van der Waals surface area contributed by atoms with Crippen molar-refractivity contribution in [2.45, 2.75) is 90.4 Å². The predicted molar refractivity (Wildman–Crippen MR) is 204 cm³/mol. The molecule has 0 spiro atoms. The van der Waals surface area contributed by atoms with Gasteiger partial charge in [0, 0.05) is 49.4 Å². The Morgan fingerprint density at radius 2 is 1.80 bits per heavy atom. The zero-order valence-corrected chi connectivity index (χ0v) is 32.3. The summed E-state index contributed by atoms with van der Waals surface area (Å²) in [5, 5.41) is 30.6. The Bertz CT molecular complexity index is 2240. The second-order valence-electron chi connectivity index (χ2n) is 14.4. The average Bonchev–Trinajstić information content (AvgIpc) is 3.55. The zero-order chi connectivity index (χ0) is 38.8. The number of aromatic nitrogens is 6. The molecule has 54 heavy (non-hydrogen) atoms. The number of aryl methyl sites for hydroxylation is 3. The summed E-state index contributed by atoms with van der Waals surface area (Å²) in [7, 11) is -3.95. The summed E-state index contributed by atoms with van der Waals surface area (Å²) in [5.74, 6) is -0.175. The van der Waals surface area contributed by atoms with E-state index in [4.69, 9.17) is 4.74 Å². The van der Waals surface area contributed by atoms with Gasteiger partial charge in [-0.25, -0.2) is 28.1 Å². The molecule has 0 radical (unpaired) electrons. The van der Waals surface area contributed by atoms with E-state index in [1.807, 2.05) is 76.6 Å². The molecule has 3 N–H and O–H groups in total. The first-order chi connectivity index (χ1) is 25.8. The number of nitrogens with one attached hydrogen (secondary N) is 1. The van der Waals surface area contributed by atoms with Gasteiger partial charge in [-0.2, -0.15) is 4.31 Å². The molecular weight excluding hydrogens is 709 g/mol. The molecule has 0 fully saturated rings. The fourth-order valence-electron chi connectivity index (χ4n) is 7.05. The summed E-state index contributed by atoms with van der Waals surface area (Å²) in [6, 6.07) is 12.6. The van der Waals surface area contributed by atoms with Gasteiger partial charge in [0.15, 0.2) is 0 Å². The Kier molecular flexibility index (Phi) is 11.4. The molecule has 14 nitrogen and oxygen atoms in total. The lowest BCUT2D eigenvalue weighted by Gasteiger charge is -2.35. The molecular formula is C39H48N8O6S. The second-order valence-corrected chi connectivity index (χ2v) is 16.3. The lowest BCUT2D eigenvalue weighted by molar-refractivity contribution is -0.127. The van der Waals surface area contributed by atoms with Crippen LogP contribution in [0.4, 0.5) is 5.95 Å². The maximum atomic E-state index is 14.5. The Morgan fingerprint density at radius 3 is 2.48 bits per heavy atom. The Labute approximate surface area is 315 Å². The third kappa shape index (κ3) is 7.58. The minimum absolute atomic E-state index is 0.0396. The van der Waals surface area contributed by atoms with Crippen LogP contribution in [-0.4, -0.2) is 90.6 Å². The van der Waals surface area contributed by atoms with Crippen LogP contribution in [0.2, 0.25) is 0 Å². The number of benzene rings is 2. The van der Waals surface area contributed by atoms with Gasteiger partial charge in [-0.15, -0.1) is 5.10 Å². The Morgan fingerprint density at radius 1 is 1.06 bits per heavy atom. The van der Waals surface area contributed by atoms with Gasteiger partial charge in [-0.3, -0.25) is 4.79 Å². The smallest absolute Gasteiger partial charge is 0.248 e. The van der Waals surface area contributed by atoms with Crippen LogP contribution in [0.15, 0.2) is 66.0 Å². The number of pyridine rings is 1. The third-order valence-electron chi connectivity index (χ3n) is 10.4. The molecule has 6 rings (SSSR count). The maximum Gasteiger partial charge on any atom is 0.248 e. The van der Waals surface area contributed by atoms with E-state index >= 15 is 0 Å². The average molecular weight is 757 g/mol. The molecule has 15 heteroatoms. The van der Waals surface area contributed by atoms with Gasteiger partial charge in [-0.1, -0.05) is 50.3 Å². The first-order valence-electron chi connectivity index (χ1n) is 18.2. The van der Waals surface area contributed by atoms with Crippen molar-refractivity contribution in [3.63, 3.8) is 0 Å². The van der Waals surface area contributed by atoms with Crippen molar-refractivity contribution in [1.82, 2.24) is 34.3 Å². The summed E-state index contributed by atoms with van der Waals surface area (Å²) in [6.07, 6.45) is 4.93. The second kappa shape index (κ2) is 15.9. The van der Waals surface area contributed by atoms with Crippen molar-refractivity contribution in [2.75, 3.05) is 25.1 Å². The lowest BCUT2D eigenvalue weighted by Crippen LogP contribution is -2.37. The number of anilines is 1. The van der Waals surface area contributed by atoms with Crippen LogP contribution in [0.25, 0.3) is 11.0 Å². The number of aliphatic hydroxyl groups is 2. The zero-order valence-electron chi connectivity index (χ0n) is 31.5. The first-order valence-corrected chi connectivity index (χ1v) is 19.6. The largest absolute Gasteiger partial charge is 0.472 e. The van der Waals surface area contributed by atoms with Gasteiger partial charge in [0.2, 0.25) is 21.9 Å². The van der Waals surface area contributed by atoms with Gasteiger partial charge in [-0.05, 0) is 78.8 Å². The molecule has 1 aliphatic rings. The summed E-state index contributed by atoms with van der Waals surface area (Å²) in [4.78, 5) is 27.4. The summed E-state index contributed by atoms with van der Waals surface area (Å²) >= 11 is 0. The van der Waals surface area contributed by atoms with Gasteiger partial charge >= 0.3 is 0 Å². The number of sulfonamides is 1. The monoisotopic (exact) mass is 756 g/mol. The number of carbonyl (C=O) groups excluding carboxylic acids is 1. The van der Waals surface area contributed by atoms with Crippen LogP contribution < -0.4 is 10.1 Å². The fraction of sp³-hybridized carbons (Fsp3) is 0.436. The molecule has 0 unspecified atom stereocenters. The number of rotatable bonds is 14. The molecule has 2 aromatic carbocycles. The van der Waals surface area contributed by atoms with E-state index in [1.165, 1.54) is 16.6 Å². The fourth-order valence-corrected chi connectivity index (χ4v) is 8.58. The van der Waals surface area contributed by atoms with Gasteiger partial charge in [0.1, 0.15) is 22.3 Å². The molecule has 0 saturated heterocycles. The number of fused-ring (bicyclic) bond motifs is 2. The topological polar surface area (TPSA) is 186 Å². The van der Waals surface area contributed by atoms with Crippen molar-refractivity contribution in [3.05, 3.63) is 94.4 Å². The first kappa shape index (κ1) is 38.9. The molecule has 286 valence electrons. The SMILES string of the molecule is CC[C@@H]1CN(Cc2cc([C@@H](c3ccc4c(nnn4CC)c3C)C(C)(C)C(=O)Cc3cnc(NC(CO)CO)nc3)ccc2C)S(=O)(=O)c2cccnc2O1. The molecule has 0 amide bonds. The van der Waals surface area contributed by atoms with E-state index in [9.17, 15) is 23.4 Å². The van der Waals surface area contributed by atoms with E-state index in [1.54, 1.807) is 18.5 Å². The molecule has 0 bridgehead atoms. The highest BCUT2D eigenvalue weighted by Gasteiger charge is 2.41. The summed E-state index contributed by atoms with van der Waals surface area (Å²) in [6.45, 7) is 12.1. The molecule has 3 aromatic heterocycles. The number of hydrogen-bond acceptors (Lipinski definition) is 12. The van der Waals surface area contributed by atoms with Crippen molar-refractivity contribution in [1.29, 1.82) is 0 Å². The summed E-state index contributed by atoms with van der Waals surface area (Å²) in [5.41, 5.74) is 5.67. The number of carbonyl (C=O) groups is 1. The minimum Gasteiger partial charge on any atom is -0.472 e. The quantitative estimate of drug-likeness (QED) is 0.146. The molecule has 4 heterocycles. The van der Waals surface area contributed by atoms with Gasteiger partial charge < -0.3 is 20.3 Å². The Balaban J connectivity index is 1.40. The molecule has 5 aromatic rings. The van der Waals surface area contributed by atoms with Crippen LogP contribution in [0.5, 0.6) is 5.88 Å². The van der Waals surface area contributed by atoms with Crippen LogP contribution in [0.3, 0.4) is 0 Å². The number of hydrogen-bond donors (Lipinski definition) is 3. The van der Waals surface area contributed by atoms with E-state index < -0.39 is 27.4 Å². The normalized spacial score (nSPS) is 16.5. The number of aliphatic hydroxyl groups excluding tert-OH is 2. The minimum atomic E-state index is -3.95. The van der Waals surface area contributed by atoms with E-state index in [-0.39, 0.29) is 61.3 Å². The molecule has 0 saturated carbocycles. The maximum absolute atomic E-state index is 14.5. The number of ketones is 1. The number of nitrogens with zero attached hydrogens (tertiary/aromatic N) is 7. The van der Waals surface area contributed by atoms with E-state index in [2.05, 4.69) is 30.6 Å². The van der Waals surface area contributed by atoms with Gasteiger partial charge in [0.05, 0.1) is 31.3 Å². The van der Waals surface area contributed by atoms with E-state index in [0.29, 0.717) is 18.5 Å². The highest BCUT2D eigenvalue weighted by atomic mass is 32.2. The molecule has 2 atom stereocenters. The van der Waals surface area contributed by atoms with Crippen LogP contribution in [0.1, 0.15) is 73.4 Å². The summed E-state index contributed by atoms with van der Waals surface area (Å²) < 4.78 is 37.5. The van der Waals surface area contributed by atoms with Crippen molar-refractivity contribution < 1.29 is 28.2 Å². The van der Waals surface area contributed by atoms with Crippen molar-refractivity contribution >= 4 is 32.8 Å². The van der Waals surface area contributed by atoms with Gasteiger partial charge in [0.25, 0.3) is 0 Å². The van der Waals surface area contributed by atoms with Crippen LogP contribution in [-0.2, 0) is 34.3 Å². The highest BCUT2D eigenvalue weighted by Crippen LogP contribution is 2.45. The molecule has 0 aliphatic carbocycles. The highest BCUT2D eigenvalue weighted by molar-refractivity contribution is 7.89. The number of Topliss-reactive ketones (excluding diaryl/α,β-unsaturated/α-hetero) is 1. The van der Waals surface area contributed by atoms with Crippen molar-refractivity contribution in [2.24, 2.45) is 5.41 Å². The standard InChI is InChI=1S/C39H48N8O6S/c1-7-30-21-46(54(51,52)33-10-9-15-40-37(33)53-30)20-28-17-27(12-11-24(28)3)35(31-13-14-32-36(25(31)4)44-45-47(32)8-2)39(5,6)34(50)16-26-18-41-38(42-19-26)43-29(22-48)23-49/h9-15,17-19,29-30,35,48-49H,7-8,16,20-23H2,1-6H3,(H,41,42,43)/t30-,35+/m1/s1. The predicted octanol–water partition coefficient (Wildman–Crippen LogP) is 4.35. The Hall–Kier alpha value is -4.83. The van der Waals surface area contributed by atoms with Crippen LogP contribution in [0, 0.1) is 19.3 Å².